The van der Waals surface area contributed by atoms with Gasteiger partial charge in [0.1, 0.15) is 12.3 Å². The van der Waals surface area contributed by atoms with Gasteiger partial charge in [-0.15, -0.1) is 0 Å². The van der Waals surface area contributed by atoms with E-state index in [0.717, 1.165) is 5.56 Å². The summed E-state index contributed by atoms with van der Waals surface area (Å²) in [6.45, 7) is 4.09. The molecule has 2 rings (SSSR count). The maximum absolute atomic E-state index is 11.9. The molecule has 22 heavy (non-hydrogen) atoms. The lowest BCUT2D eigenvalue weighted by Gasteiger charge is -2.15. The summed E-state index contributed by atoms with van der Waals surface area (Å²) in [6, 6.07) is 11.4. The Kier molecular flexibility index (Phi) is 5.46. The van der Waals surface area contributed by atoms with Crippen LogP contribution in [-0.4, -0.2) is 21.6 Å². The molecule has 0 fully saturated rings. The zero-order valence-electron chi connectivity index (χ0n) is 12.9. The first-order valence-electron chi connectivity index (χ1n) is 7.27. The summed E-state index contributed by atoms with van der Waals surface area (Å²) in [5, 5.41) is 13.4. The van der Waals surface area contributed by atoms with E-state index in [9.17, 15) is 9.90 Å². The summed E-state index contributed by atoms with van der Waals surface area (Å²) in [4.78, 5) is 11.9. The molecule has 0 bridgehead atoms. The van der Waals surface area contributed by atoms with Crippen molar-refractivity contribution in [3.05, 3.63) is 53.4 Å². The van der Waals surface area contributed by atoms with Crippen molar-refractivity contribution in [3.8, 4) is 0 Å². The lowest BCUT2D eigenvalue weighted by Crippen LogP contribution is -2.19. The van der Waals surface area contributed by atoms with Gasteiger partial charge in [0, 0.05) is 12.5 Å². The summed E-state index contributed by atoms with van der Waals surface area (Å²) in [7, 11) is 0. The molecule has 0 saturated heterocycles. The largest absolute Gasteiger partial charge is 0.390 e. The number of rotatable bonds is 8. The quantitative estimate of drug-likeness (QED) is 0.758. The highest BCUT2D eigenvalue weighted by Gasteiger charge is 2.18. The molecule has 0 spiro atoms. The third kappa shape index (κ3) is 5.42. The van der Waals surface area contributed by atoms with Gasteiger partial charge in [0.2, 0.25) is 0 Å². The van der Waals surface area contributed by atoms with E-state index in [1.165, 1.54) is 0 Å². The van der Waals surface area contributed by atoms with Gasteiger partial charge in [-0.05, 0) is 25.8 Å². The van der Waals surface area contributed by atoms with Gasteiger partial charge >= 0.3 is 0 Å². The lowest BCUT2D eigenvalue weighted by molar-refractivity contribution is 0.0630. The average molecular weight is 303 g/mol. The second-order valence-corrected chi connectivity index (χ2v) is 5.89. The molecular weight excluding hydrogens is 282 g/mol. The standard InChI is InChI=1S/C17H21NO4/c1-17(2,20)9-8-16(19)15-10-14(22-18-15)12-21-11-13-6-4-3-5-7-13/h3-7,10,20H,8-9,11-12H2,1-2H3. The van der Waals surface area contributed by atoms with Crippen LogP contribution < -0.4 is 0 Å². The number of hydrogen-bond acceptors (Lipinski definition) is 5. The van der Waals surface area contributed by atoms with Crippen molar-refractivity contribution in [2.45, 2.75) is 45.5 Å². The Morgan fingerprint density at radius 3 is 2.68 bits per heavy atom. The van der Waals surface area contributed by atoms with Crippen LogP contribution in [-0.2, 0) is 18.0 Å². The summed E-state index contributed by atoms with van der Waals surface area (Å²) in [5.41, 5.74) is 0.493. The van der Waals surface area contributed by atoms with Crippen molar-refractivity contribution < 1.29 is 19.2 Å². The maximum atomic E-state index is 11.9. The van der Waals surface area contributed by atoms with E-state index < -0.39 is 5.60 Å². The van der Waals surface area contributed by atoms with E-state index >= 15 is 0 Å². The van der Waals surface area contributed by atoms with E-state index in [4.69, 9.17) is 9.26 Å². The van der Waals surface area contributed by atoms with Gasteiger partial charge in [-0.3, -0.25) is 4.79 Å². The van der Waals surface area contributed by atoms with Crippen LogP contribution >= 0.6 is 0 Å². The van der Waals surface area contributed by atoms with Gasteiger partial charge < -0.3 is 14.4 Å². The van der Waals surface area contributed by atoms with Crippen LogP contribution in [0.15, 0.2) is 40.9 Å². The van der Waals surface area contributed by atoms with E-state index in [-0.39, 0.29) is 24.5 Å². The lowest BCUT2D eigenvalue weighted by atomic mass is 10.0. The number of benzene rings is 1. The minimum atomic E-state index is -0.860. The zero-order chi connectivity index (χ0) is 16.0. The Labute approximate surface area is 129 Å². The van der Waals surface area contributed by atoms with Crippen LogP contribution in [0.2, 0.25) is 0 Å². The molecule has 5 nitrogen and oxygen atoms in total. The number of hydrogen-bond donors (Lipinski definition) is 1. The number of aliphatic hydroxyl groups is 1. The van der Waals surface area contributed by atoms with Crippen LogP contribution in [0.5, 0.6) is 0 Å². The topological polar surface area (TPSA) is 72.6 Å². The van der Waals surface area contributed by atoms with Crippen molar-refractivity contribution in [1.82, 2.24) is 5.16 Å². The van der Waals surface area contributed by atoms with Crippen LogP contribution in [0.3, 0.4) is 0 Å². The van der Waals surface area contributed by atoms with Gasteiger partial charge in [-0.1, -0.05) is 35.5 Å². The molecule has 0 radical (unpaired) electrons. The number of carbonyl (C=O) groups is 1. The molecule has 1 heterocycles. The zero-order valence-corrected chi connectivity index (χ0v) is 12.9. The highest BCUT2D eigenvalue weighted by Crippen LogP contribution is 2.15. The predicted molar refractivity (Wildman–Crippen MR) is 81.3 cm³/mol. The molecule has 0 aliphatic heterocycles. The SMILES string of the molecule is CC(C)(O)CCC(=O)c1cc(COCc2ccccc2)on1. The first-order chi connectivity index (χ1) is 10.4. The molecule has 1 aromatic carbocycles. The number of nitrogens with zero attached hydrogens (tertiary/aromatic N) is 1. The van der Waals surface area contributed by atoms with Gasteiger partial charge in [-0.2, -0.15) is 0 Å². The first-order valence-corrected chi connectivity index (χ1v) is 7.27. The van der Waals surface area contributed by atoms with Crippen molar-refractivity contribution in [2.24, 2.45) is 0 Å². The Hall–Kier alpha value is -1.98. The molecule has 0 amide bonds. The average Bonchev–Trinajstić information content (AvgIpc) is 2.94. The summed E-state index contributed by atoms with van der Waals surface area (Å²) in [5.74, 6) is 0.378. The number of ether oxygens (including phenoxy) is 1. The molecule has 0 unspecified atom stereocenters. The van der Waals surface area contributed by atoms with Gasteiger partial charge in [0.25, 0.3) is 0 Å². The Morgan fingerprint density at radius 1 is 1.27 bits per heavy atom. The minimum Gasteiger partial charge on any atom is -0.390 e. The minimum absolute atomic E-state index is 0.139. The molecule has 0 atom stereocenters. The van der Waals surface area contributed by atoms with Crippen molar-refractivity contribution in [2.75, 3.05) is 0 Å². The van der Waals surface area contributed by atoms with Gasteiger partial charge in [0.15, 0.2) is 11.5 Å². The number of carbonyl (C=O) groups excluding carboxylic acids is 1. The van der Waals surface area contributed by atoms with Crippen LogP contribution in [0.25, 0.3) is 0 Å². The van der Waals surface area contributed by atoms with E-state index in [1.807, 2.05) is 30.3 Å². The molecule has 2 aromatic rings. The van der Waals surface area contributed by atoms with Crippen molar-refractivity contribution in [3.63, 3.8) is 0 Å². The van der Waals surface area contributed by atoms with Crippen LogP contribution in [0, 0.1) is 0 Å². The normalized spacial score (nSPS) is 11.6. The van der Waals surface area contributed by atoms with Gasteiger partial charge in [-0.25, -0.2) is 0 Å². The molecule has 1 aromatic heterocycles. The fourth-order valence-electron chi connectivity index (χ4n) is 1.90. The second kappa shape index (κ2) is 7.33. The number of Topliss-reactive ketones (excluding diaryl/α,β-unsaturated/α-hetero) is 1. The summed E-state index contributed by atoms with van der Waals surface area (Å²) >= 11 is 0. The Morgan fingerprint density at radius 2 is 2.00 bits per heavy atom. The molecule has 118 valence electrons. The van der Waals surface area contributed by atoms with E-state index in [0.29, 0.717) is 18.8 Å². The van der Waals surface area contributed by atoms with Crippen molar-refractivity contribution in [1.29, 1.82) is 0 Å². The molecule has 0 aliphatic carbocycles. The van der Waals surface area contributed by atoms with E-state index in [2.05, 4.69) is 5.16 Å². The van der Waals surface area contributed by atoms with Crippen LogP contribution in [0.1, 0.15) is 48.5 Å². The third-order valence-corrected chi connectivity index (χ3v) is 3.16. The highest BCUT2D eigenvalue weighted by atomic mass is 16.5. The number of aromatic nitrogens is 1. The Bertz CT molecular complexity index is 599. The smallest absolute Gasteiger partial charge is 0.184 e. The molecule has 0 saturated carbocycles. The molecule has 1 N–H and O–H groups in total. The molecule has 0 aliphatic rings. The van der Waals surface area contributed by atoms with Crippen molar-refractivity contribution >= 4 is 5.78 Å². The third-order valence-electron chi connectivity index (χ3n) is 3.16. The fraction of sp³-hybridized carbons (Fsp3) is 0.412. The highest BCUT2D eigenvalue weighted by molar-refractivity contribution is 5.94. The number of ketones is 1. The second-order valence-electron chi connectivity index (χ2n) is 5.89. The summed E-state index contributed by atoms with van der Waals surface area (Å²) < 4.78 is 10.6. The predicted octanol–water partition coefficient (Wildman–Crippen LogP) is 3.13. The summed E-state index contributed by atoms with van der Waals surface area (Å²) in [6.07, 6.45) is 0.624. The van der Waals surface area contributed by atoms with Gasteiger partial charge in [0.05, 0.1) is 12.2 Å². The monoisotopic (exact) mass is 303 g/mol. The first kappa shape index (κ1) is 16.4. The van der Waals surface area contributed by atoms with E-state index in [1.54, 1.807) is 19.9 Å². The Balaban J connectivity index is 1.80. The molecule has 5 heteroatoms. The molecular formula is C17H21NO4. The van der Waals surface area contributed by atoms with Crippen LogP contribution in [0.4, 0.5) is 0 Å². The fourth-order valence-corrected chi connectivity index (χ4v) is 1.90. The maximum Gasteiger partial charge on any atom is 0.184 e.